The number of halogens is 1. The van der Waals surface area contributed by atoms with Crippen molar-refractivity contribution in [3.05, 3.63) is 63.8 Å². The molecule has 0 spiro atoms. The molecule has 3 rings (SSSR count). The number of hydrogen-bond donors (Lipinski definition) is 2. The maximum absolute atomic E-state index is 13.0. The van der Waals surface area contributed by atoms with E-state index in [2.05, 4.69) is 0 Å². The van der Waals surface area contributed by atoms with Gasteiger partial charge < -0.3 is 14.6 Å². The van der Waals surface area contributed by atoms with Gasteiger partial charge in [-0.25, -0.2) is 4.39 Å². The monoisotopic (exact) mass is 300 g/mol. The Morgan fingerprint density at radius 2 is 1.82 bits per heavy atom. The first-order chi connectivity index (χ1) is 10.5. The summed E-state index contributed by atoms with van der Waals surface area (Å²) in [5.74, 6) is -0.185. The van der Waals surface area contributed by atoms with E-state index in [0.717, 1.165) is 0 Å². The summed E-state index contributed by atoms with van der Waals surface area (Å²) in [6, 6.07) is 8.35. The molecule has 0 aliphatic rings. The number of aliphatic hydroxyl groups excluding tert-OH is 1. The number of hydrogen-bond acceptors (Lipinski definition) is 4. The highest BCUT2D eigenvalue weighted by molar-refractivity contribution is 5.86. The maximum atomic E-state index is 13.0. The van der Waals surface area contributed by atoms with Crippen molar-refractivity contribution in [3.63, 3.8) is 0 Å². The van der Waals surface area contributed by atoms with E-state index in [4.69, 9.17) is 4.42 Å². The fourth-order valence-electron chi connectivity index (χ4n) is 2.52. The molecule has 0 atom stereocenters. The van der Waals surface area contributed by atoms with Crippen LogP contribution < -0.4 is 5.43 Å². The fraction of sp³-hybridized carbons (Fsp3) is 0.118. The van der Waals surface area contributed by atoms with Crippen molar-refractivity contribution < 1.29 is 19.0 Å². The molecule has 0 aliphatic heterocycles. The van der Waals surface area contributed by atoms with Gasteiger partial charge in [0.1, 0.15) is 22.9 Å². The van der Waals surface area contributed by atoms with E-state index in [-0.39, 0.29) is 33.5 Å². The summed E-state index contributed by atoms with van der Waals surface area (Å²) < 4.78 is 18.7. The van der Waals surface area contributed by atoms with Gasteiger partial charge in [0.15, 0.2) is 0 Å². The predicted molar refractivity (Wildman–Crippen MR) is 80.2 cm³/mol. The average molecular weight is 300 g/mol. The Morgan fingerprint density at radius 3 is 2.45 bits per heavy atom. The molecule has 112 valence electrons. The maximum Gasteiger partial charge on any atom is 0.200 e. The Balaban J connectivity index is 2.37. The summed E-state index contributed by atoms with van der Waals surface area (Å²) in [4.78, 5) is 12.7. The second kappa shape index (κ2) is 5.27. The Bertz CT molecular complexity index is 911. The quantitative estimate of drug-likeness (QED) is 0.763. The van der Waals surface area contributed by atoms with Crippen LogP contribution in [0.3, 0.4) is 0 Å². The van der Waals surface area contributed by atoms with E-state index in [1.54, 1.807) is 6.92 Å². The topological polar surface area (TPSA) is 70.7 Å². The summed E-state index contributed by atoms with van der Waals surface area (Å²) in [6.45, 7) is 1.17. The van der Waals surface area contributed by atoms with Crippen LogP contribution in [0.5, 0.6) is 5.75 Å². The first kappa shape index (κ1) is 14.3. The number of aryl methyl sites for hydroxylation is 1. The summed E-state index contributed by atoms with van der Waals surface area (Å²) in [5, 5.41) is 19.4. The predicted octanol–water partition coefficient (Wildman–Crippen LogP) is 3.11. The SMILES string of the molecule is Cc1oc2c(CO)c(O)ccc2c(=O)c1-c1ccc(F)cc1. The molecule has 1 aromatic heterocycles. The zero-order valence-corrected chi connectivity index (χ0v) is 11.8. The summed E-state index contributed by atoms with van der Waals surface area (Å²) in [5.41, 5.74) is 0.925. The summed E-state index contributed by atoms with van der Waals surface area (Å²) >= 11 is 0. The van der Waals surface area contributed by atoms with Crippen molar-refractivity contribution in [1.29, 1.82) is 0 Å². The largest absolute Gasteiger partial charge is 0.507 e. The number of rotatable bonds is 2. The van der Waals surface area contributed by atoms with E-state index in [0.29, 0.717) is 16.9 Å². The van der Waals surface area contributed by atoms with Gasteiger partial charge in [0.05, 0.1) is 23.1 Å². The van der Waals surface area contributed by atoms with Crippen LogP contribution in [0.2, 0.25) is 0 Å². The first-order valence-electron chi connectivity index (χ1n) is 6.68. The van der Waals surface area contributed by atoms with Gasteiger partial charge >= 0.3 is 0 Å². The van der Waals surface area contributed by atoms with Crippen molar-refractivity contribution in [2.45, 2.75) is 13.5 Å². The van der Waals surface area contributed by atoms with Crippen LogP contribution >= 0.6 is 0 Å². The zero-order valence-electron chi connectivity index (χ0n) is 11.8. The second-order valence-electron chi connectivity index (χ2n) is 4.97. The molecule has 0 radical (unpaired) electrons. The molecule has 0 bridgehead atoms. The molecule has 0 aliphatic carbocycles. The average Bonchev–Trinajstić information content (AvgIpc) is 2.49. The van der Waals surface area contributed by atoms with Crippen LogP contribution in [0.15, 0.2) is 45.6 Å². The standard InChI is InChI=1S/C17H13FO4/c1-9-15(10-2-4-11(18)5-3-10)16(21)12-6-7-14(20)13(8-19)17(12)22-9/h2-7,19-20H,8H2,1H3. The smallest absolute Gasteiger partial charge is 0.200 e. The van der Waals surface area contributed by atoms with Gasteiger partial charge in [-0.05, 0) is 36.8 Å². The minimum Gasteiger partial charge on any atom is -0.507 e. The van der Waals surface area contributed by atoms with Gasteiger partial charge in [-0.1, -0.05) is 12.1 Å². The molecule has 0 amide bonds. The lowest BCUT2D eigenvalue weighted by Crippen LogP contribution is -2.08. The summed E-state index contributed by atoms with van der Waals surface area (Å²) in [7, 11) is 0. The first-order valence-corrected chi connectivity index (χ1v) is 6.68. The minimum absolute atomic E-state index is 0.132. The normalized spacial score (nSPS) is 11.0. The number of aromatic hydroxyl groups is 1. The lowest BCUT2D eigenvalue weighted by Gasteiger charge is -2.10. The molecule has 22 heavy (non-hydrogen) atoms. The number of benzene rings is 2. The van der Waals surface area contributed by atoms with Crippen molar-refractivity contribution in [3.8, 4) is 16.9 Å². The van der Waals surface area contributed by atoms with Crippen molar-refractivity contribution in [1.82, 2.24) is 0 Å². The van der Waals surface area contributed by atoms with Crippen LogP contribution in [0.25, 0.3) is 22.1 Å². The highest BCUT2D eigenvalue weighted by Gasteiger charge is 2.17. The van der Waals surface area contributed by atoms with Crippen LogP contribution in [0.4, 0.5) is 4.39 Å². The molecule has 0 unspecified atom stereocenters. The van der Waals surface area contributed by atoms with Gasteiger partial charge in [-0.2, -0.15) is 0 Å². The molecule has 0 fully saturated rings. The molecule has 4 nitrogen and oxygen atoms in total. The van der Waals surface area contributed by atoms with Crippen LogP contribution in [0.1, 0.15) is 11.3 Å². The van der Waals surface area contributed by atoms with Crippen molar-refractivity contribution >= 4 is 11.0 Å². The Kier molecular flexibility index (Phi) is 3.42. The van der Waals surface area contributed by atoms with Crippen LogP contribution in [-0.4, -0.2) is 10.2 Å². The third-order valence-corrected chi connectivity index (χ3v) is 3.61. The van der Waals surface area contributed by atoms with Gasteiger partial charge in [0.25, 0.3) is 0 Å². The van der Waals surface area contributed by atoms with E-state index in [1.165, 1.54) is 36.4 Å². The van der Waals surface area contributed by atoms with E-state index in [9.17, 15) is 19.4 Å². The number of fused-ring (bicyclic) bond motifs is 1. The van der Waals surface area contributed by atoms with Crippen LogP contribution in [-0.2, 0) is 6.61 Å². The molecule has 0 saturated heterocycles. The van der Waals surface area contributed by atoms with E-state index in [1.807, 2.05) is 0 Å². The molecular formula is C17H13FO4. The highest BCUT2D eigenvalue weighted by atomic mass is 19.1. The van der Waals surface area contributed by atoms with Gasteiger partial charge in [-0.15, -0.1) is 0 Å². The minimum atomic E-state index is -0.443. The van der Waals surface area contributed by atoms with Gasteiger partial charge in [0.2, 0.25) is 5.43 Å². The molecule has 1 heterocycles. The van der Waals surface area contributed by atoms with Crippen LogP contribution in [0, 0.1) is 12.7 Å². The molecule has 5 heteroatoms. The number of phenols is 1. The summed E-state index contributed by atoms with van der Waals surface area (Å²) in [6.07, 6.45) is 0. The molecule has 0 saturated carbocycles. The third kappa shape index (κ3) is 2.16. The third-order valence-electron chi connectivity index (χ3n) is 3.61. The zero-order chi connectivity index (χ0) is 15.9. The van der Waals surface area contributed by atoms with Gasteiger partial charge in [-0.3, -0.25) is 4.79 Å². The van der Waals surface area contributed by atoms with E-state index >= 15 is 0 Å². The lowest BCUT2D eigenvalue weighted by molar-refractivity contribution is 0.275. The van der Waals surface area contributed by atoms with Crippen molar-refractivity contribution in [2.24, 2.45) is 0 Å². The van der Waals surface area contributed by atoms with E-state index < -0.39 is 6.61 Å². The fourth-order valence-corrected chi connectivity index (χ4v) is 2.52. The molecule has 2 aromatic carbocycles. The Labute approximate surface area is 125 Å². The number of aliphatic hydroxyl groups is 1. The highest BCUT2D eigenvalue weighted by Crippen LogP contribution is 2.30. The van der Waals surface area contributed by atoms with Crippen molar-refractivity contribution in [2.75, 3.05) is 0 Å². The molecule has 3 aromatic rings. The Morgan fingerprint density at radius 1 is 1.14 bits per heavy atom. The molecular weight excluding hydrogens is 287 g/mol. The molecule has 2 N–H and O–H groups in total. The lowest BCUT2D eigenvalue weighted by atomic mass is 10.0. The Hall–Kier alpha value is -2.66. The second-order valence-corrected chi connectivity index (χ2v) is 4.97. The van der Waals surface area contributed by atoms with Gasteiger partial charge in [0, 0.05) is 0 Å².